The normalized spacial score (nSPS) is 15.4. The number of amides is 1. The lowest BCUT2D eigenvalue weighted by Gasteiger charge is -2.32. The van der Waals surface area contributed by atoms with Gasteiger partial charge in [0, 0.05) is 37.8 Å². The molecule has 0 atom stereocenters. The second kappa shape index (κ2) is 8.93. The number of pyridine rings is 1. The number of rotatable bonds is 7. The Kier molecular flexibility index (Phi) is 6.08. The molecule has 1 fully saturated rings. The van der Waals surface area contributed by atoms with E-state index in [1.54, 1.807) is 12.1 Å². The van der Waals surface area contributed by atoms with Crippen molar-refractivity contribution in [3.8, 4) is 5.75 Å². The number of anilines is 1. The number of carbonyl (C=O) groups excluding carboxylic acids is 1. The fourth-order valence-corrected chi connectivity index (χ4v) is 4.18. The van der Waals surface area contributed by atoms with Crippen molar-refractivity contribution < 1.29 is 9.90 Å². The highest BCUT2D eigenvalue weighted by atomic mass is 16.3. The van der Waals surface area contributed by atoms with E-state index in [0.29, 0.717) is 24.7 Å². The van der Waals surface area contributed by atoms with Gasteiger partial charge in [0.05, 0.1) is 17.6 Å². The number of aromatic hydroxyl groups is 1. The minimum absolute atomic E-state index is 0.189. The van der Waals surface area contributed by atoms with Crippen LogP contribution in [-0.2, 0) is 11.3 Å². The van der Waals surface area contributed by atoms with E-state index in [9.17, 15) is 9.90 Å². The standard InChI is InChI=1S/C23H30N6O2/c1-15-4-3-5-19-22(15)27-23(29(19)14-18-20(30)7-6-16(2)25-18)26-17-8-11-28(12-9-17)13-10-21(24)31/h3-7,17,30H,8-14H2,1-2H3,(H2,24,31)(H,26,27). The van der Waals surface area contributed by atoms with Crippen LogP contribution in [0.5, 0.6) is 5.75 Å². The lowest BCUT2D eigenvalue weighted by molar-refractivity contribution is -0.118. The number of fused-ring (bicyclic) bond motifs is 1. The molecule has 31 heavy (non-hydrogen) atoms. The number of hydrogen-bond acceptors (Lipinski definition) is 6. The molecule has 8 nitrogen and oxygen atoms in total. The third kappa shape index (κ3) is 4.80. The van der Waals surface area contributed by atoms with Gasteiger partial charge in [0.25, 0.3) is 0 Å². The van der Waals surface area contributed by atoms with Crippen LogP contribution in [0.4, 0.5) is 5.95 Å². The molecule has 3 aromatic rings. The van der Waals surface area contributed by atoms with Crippen molar-refractivity contribution >= 4 is 22.9 Å². The van der Waals surface area contributed by atoms with Crippen LogP contribution in [0.15, 0.2) is 30.3 Å². The van der Waals surface area contributed by atoms with E-state index in [4.69, 9.17) is 10.7 Å². The summed E-state index contributed by atoms with van der Waals surface area (Å²) in [5.74, 6) is 0.730. The molecule has 0 bridgehead atoms. The molecule has 2 aromatic heterocycles. The van der Waals surface area contributed by atoms with Gasteiger partial charge >= 0.3 is 0 Å². The minimum atomic E-state index is -0.252. The van der Waals surface area contributed by atoms with Gasteiger partial charge in [-0.3, -0.25) is 9.78 Å². The number of carbonyl (C=O) groups is 1. The number of likely N-dealkylation sites (tertiary alicyclic amines) is 1. The molecule has 0 unspecified atom stereocenters. The molecular weight excluding hydrogens is 392 g/mol. The van der Waals surface area contributed by atoms with Gasteiger partial charge in [-0.1, -0.05) is 12.1 Å². The number of piperidine rings is 1. The van der Waals surface area contributed by atoms with E-state index >= 15 is 0 Å². The molecule has 8 heteroatoms. The summed E-state index contributed by atoms with van der Waals surface area (Å²) in [7, 11) is 0. The van der Waals surface area contributed by atoms with E-state index in [0.717, 1.165) is 60.7 Å². The molecule has 4 rings (SSSR count). The number of nitrogens with zero attached hydrogens (tertiary/aromatic N) is 4. The van der Waals surface area contributed by atoms with Crippen LogP contribution < -0.4 is 11.1 Å². The summed E-state index contributed by atoms with van der Waals surface area (Å²) in [6, 6.07) is 9.93. The molecule has 0 aliphatic carbocycles. The first kappa shape index (κ1) is 21.1. The van der Waals surface area contributed by atoms with Gasteiger partial charge in [-0.25, -0.2) is 4.98 Å². The van der Waals surface area contributed by atoms with Crippen LogP contribution in [0, 0.1) is 13.8 Å². The Labute approximate surface area is 182 Å². The van der Waals surface area contributed by atoms with Crippen LogP contribution in [-0.4, -0.2) is 56.1 Å². The molecule has 3 heterocycles. The average molecular weight is 423 g/mol. The molecule has 1 aliphatic rings. The summed E-state index contributed by atoms with van der Waals surface area (Å²) in [6.07, 6.45) is 2.34. The third-order valence-electron chi connectivity index (χ3n) is 5.97. The first-order chi connectivity index (χ1) is 14.9. The zero-order valence-electron chi connectivity index (χ0n) is 18.1. The zero-order valence-corrected chi connectivity index (χ0v) is 18.1. The Balaban J connectivity index is 1.56. The van der Waals surface area contributed by atoms with Crippen LogP contribution >= 0.6 is 0 Å². The molecule has 1 aromatic carbocycles. The van der Waals surface area contributed by atoms with E-state index in [1.807, 2.05) is 13.0 Å². The number of aromatic nitrogens is 3. The molecule has 164 valence electrons. The minimum Gasteiger partial charge on any atom is -0.506 e. The summed E-state index contributed by atoms with van der Waals surface area (Å²) in [5.41, 5.74) is 9.86. The lowest BCUT2D eigenvalue weighted by atomic mass is 10.1. The van der Waals surface area contributed by atoms with Crippen molar-refractivity contribution in [1.29, 1.82) is 0 Å². The fourth-order valence-electron chi connectivity index (χ4n) is 4.18. The number of imidazole rings is 1. The van der Waals surface area contributed by atoms with Crippen molar-refractivity contribution in [1.82, 2.24) is 19.4 Å². The number of primary amides is 1. The topological polar surface area (TPSA) is 109 Å². The number of benzene rings is 1. The maximum atomic E-state index is 11.0. The van der Waals surface area contributed by atoms with Crippen molar-refractivity contribution in [2.45, 2.75) is 45.7 Å². The highest BCUT2D eigenvalue weighted by Crippen LogP contribution is 2.27. The molecular formula is C23H30N6O2. The Morgan fingerprint density at radius 3 is 2.71 bits per heavy atom. The Morgan fingerprint density at radius 1 is 1.19 bits per heavy atom. The summed E-state index contributed by atoms with van der Waals surface area (Å²) < 4.78 is 2.10. The maximum absolute atomic E-state index is 11.0. The SMILES string of the molecule is Cc1ccc(O)c(Cn2c(NC3CCN(CCC(N)=O)CC3)nc3c(C)cccc32)n1. The highest BCUT2D eigenvalue weighted by molar-refractivity contribution is 5.82. The van der Waals surface area contributed by atoms with Crippen LogP contribution in [0.1, 0.15) is 36.2 Å². The van der Waals surface area contributed by atoms with Gasteiger partial charge in [-0.05, 0) is 50.5 Å². The molecule has 0 saturated carbocycles. The first-order valence-corrected chi connectivity index (χ1v) is 10.8. The smallest absolute Gasteiger partial charge is 0.218 e. The van der Waals surface area contributed by atoms with E-state index in [-0.39, 0.29) is 11.7 Å². The first-order valence-electron chi connectivity index (χ1n) is 10.8. The van der Waals surface area contributed by atoms with Gasteiger partial charge in [0.15, 0.2) is 0 Å². The summed E-state index contributed by atoms with van der Waals surface area (Å²) in [6.45, 7) is 6.98. The Hall–Kier alpha value is -3.13. The van der Waals surface area contributed by atoms with Crippen molar-refractivity contribution in [3.63, 3.8) is 0 Å². The molecule has 0 spiro atoms. The van der Waals surface area contributed by atoms with Crippen LogP contribution in [0.2, 0.25) is 0 Å². The second-order valence-corrected chi connectivity index (χ2v) is 8.36. The predicted octanol–water partition coefficient (Wildman–Crippen LogP) is 2.55. The molecule has 0 radical (unpaired) electrons. The molecule has 4 N–H and O–H groups in total. The lowest BCUT2D eigenvalue weighted by Crippen LogP contribution is -2.40. The summed E-state index contributed by atoms with van der Waals surface area (Å²) >= 11 is 0. The van der Waals surface area contributed by atoms with Crippen LogP contribution in [0.3, 0.4) is 0 Å². The van der Waals surface area contributed by atoms with Crippen molar-refractivity contribution in [2.24, 2.45) is 5.73 Å². The summed E-state index contributed by atoms with van der Waals surface area (Å²) in [5, 5.41) is 14.0. The van der Waals surface area contributed by atoms with E-state index < -0.39 is 0 Å². The third-order valence-corrected chi connectivity index (χ3v) is 5.97. The van der Waals surface area contributed by atoms with Gasteiger partial charge in [-0.2, -0.15) is 0 Å². The number of aryl methyl sites for hydroxylation is 2. The quantitative estimate of drug-likeness (QED) is 0.540. The van der Waals surface area contributed by atoms with Gasteiger partial charge < -0.3 is 25.6 Å². The van der Waals surface area contributed by atoms with Gasteiger partial charge in [-0.15, -0.1) is 0 Å². The zero-order chi connectivity index (χ0) is 22.0. The molecule has 1 saturated heterocycles. The van der Waals surface area contributed by atoms with Crippen LogP contribution in [0.25, 0.3) is 11.0 Å². The average Bonchev–Trinajstić information content (AvgIpc) is 3.08. The molecule has 1 aliphatic heterocycles. The Bertz CT molecular complexity index is 1090. The largest absolute Gasteiger partial charge is 0.506 e. The van der Waals surface area contributed by atoms with Crippen molar-refractivity contribution in [3.05, 3.63) is 47.3 Å². The van der Waals surface area contributed by atoms with E-state index in [2.05, 4.69) is 38.8 Å². The fraction of sp³-hybridized carbons (Fsp3) is 0.435. The monoisotopic (exact) mass is 422 g/mol. The number of para-hydroxylation sites is 1. The number of hydrogen-bond donors (Lipinski definition) is 3. The molecule has 1 amide bonds. The predicted molar refractivity (Wildman–Crippen MR) is 121 cm³/mol. The van der Waals surface area contributed by atoms with Crippen molar-refractivity contribution in [2.75, 3.05) is 25.0 Å². The van der Waals surface area contributed by atoms with Gasteiger partial charge in [0.1, 0.15) is 11.4 Å². The number of nitrogens with two attached hydrogens (primary N) is 1. The maximum Gasteiger partial charge on any atom is 0.218 e. The number of nitrogens with one attached hydrogen (secondary N) is 1. The van der Waals surface area contributed by atoms with E-state index in [1.165, 1.54) is 0 Å². The Morgan fingerprint density at radius 2 is 1.97 bits per heavy atom. The highest BCUT2D eigenvalue weighted by Gasteiger charge is 2.22. The second-order valence-electron chi connectivity index (χ2n) is 8.36. The summed E-state index contributed by atoms with van der Waals surface area (Å²) in [4.78, 5) is 22.8. The van der Waals surface area contributed by atoms with Gasteiger partial charge in [0.2, 0.25) is 11.9 Å².